The number of hydrogen-bond acceptors (Lipinski definition) is 7. The summed E-state index contributed by atoms with van der Waals surface area (Å²) < 4.78 is 0. The molecule has 3 N–H and O–H groups in total. The normalized spacial score (nSPS) is 11.6. The SMILES string of the molecule is Cc1ccc(-c2ccnc3[nH]c(-c4n[nH]c5cnc(-c6cncc(NC(=O)CN(C)C)c6)cc45)cc23)s1. The van der Waals surface area contributed by atoms with Crippen LogP contribution in [0.1, 0.15) is 4.88 Å². The van der Waals surface area contributed by atoms with E-state index >= 15 is 0 Å². The predicted octanol–water partition coefficient (Wildman–Crippen LogP) is 5.10. The third-order valence-electron chi connectivity index (χ3n) is 6.02. The largest absolute Gasteiger partial charge is 0.338 e. The summed E-state index contributed by atoms with van der Waals surface area (Å²) in [6.07, 6.45) is 6.95. The van der Waals surface area contributed by atoms with Crippen LogP contribution in [-0.4, -0.2) is 61.6 Å². The highest BCUT2D eigenvalue weighted by Crippen LogP contribution is 2.36. The number of hydrogen-bond donors (Lipinski definition) is 3. The van der Waals surface area contributed by atoms with Crippen molar-refractivity contribution in [3.8, 4) is 33.1 Å². The fourth-order valence-electron chi connectivity index (χ4n) is 4.36. The van der Waals surface area contributed by atoms with Crippen molar-refractivity contribution in [2.24, 2.45) is 0 Å². The molecular formula is C27H24N8OS. The summed E-state index contributed by atoms with van der Waals surface area (Å²) in [5, 5.41) is 12.5. The molecule has 9 nitrogen and oxygen atoms in total. The van der Waals surface area contributed by atoms with E-state index in [4.69, 9.17) is 0 Å². The highest BCUT2D eigenvalue weighted by Gasteiger charge is 2.16. The molecular weight excluding hydrogens is 484 g/mol. The van der Waals surface area contributed by atoms with Crippen molar-refractivity contribution in [1.29, 1.82) is 0 Å². The Bertz CT molecular complexity index is 1760. The van der Waals surface area contributed by atoms with Crippen LogP contribution >= 0.6 is 11.3 Å². The molecule has 0 aliphatic rings. The number of rotatable bonds is 6. The van der Waals surface area contributed by atoms with E-state index in [-0.39, 0.29) is 5.91 Å². The molecule has 6 heterocycles. The Morgan fingerprint density at radius 2 is 1.95 bits per heavy atom. The lowest BCUT2D eigenvalue weighted by Gasteiger charge is -2.10. The molecule has 0 aromatic carbocycles. The lowest BCUT2D eigenvalue weighted by Crippen LogP contribution is -2.27. The average molecular weight is 509 g/mol. The van der Waals surface area contributed by atoms with Crippen molar-refractivity contribution in [3.05, 3.63) is 66.1 Å². The third kappa shape index (κ3) is 4.48. The molecule has 1 amide bonds. The summed E-state index contributed by atoms with van der Waals surface area (Å²) in [4.78, 5) is 33.4. The van der Waals surface area contributed by atoms with Crippen molar-refractivity contribution >= 4 is 44.9 Å². The molecule has 6 rings (SSSR count). The van der Waals surface area contributed by atoms with E-state index in [0.29, 0.717) is 12.2 Å². The fraction of sp³-hybridized carbons (Fsp3) is 0.148. The molecule has 0 aliphatic carbocycles. The molecule has 6 aromatic heterocycles. The number of nitrogens with one attached hydrogen (secondary N) is 3. The van der Waals surface area contributed by atoms with Gasteiger partial charge in [0, 0.05) is 44.0 Å². The first kappa shape index (κ1) is 23.0. The van der Waals surface area contributed by atoms with Crippen molar-refractivity contribution in [3.63, 3.8) is 0 Å². The second kappa shape index (κ2) is 9.23. The molecule has 0 bridgehead atoms. The van der Waals surface area contributed by atoms with Gasteiger partial charge in [-0.25, -0.2) is 4.98 Å². The van der Waals surface area contributed by atoms with Crippen LogP contribution in [-0.2, 0) is 4.79 Å². The molecule has 37 heavy (non-hydrogen) atoms. The van der Waals surface area contributed by atoms with E-state index in [1.807, 2.05) is 43.4 Å². The minimum absolute atomic E-state index is 0.103. The first-order chi connectivity index (χ1) is 17.9. The number of aromatic nitrogens is 6. The number of thiophene rings is 1. The van der Waals surface area contributed by atoms with Crippen LogP contribution in [0, 0.1) is 6.92 Å². The van der Waals surface area contributed by atoms with Crippen LogP contribution < -0.4 is 5.32 Å². The van der Waals surface area contributed by atoms with Crippen LogP contribution in [0.25, 0.3) is 55.0 Å². The van der Waals surface area contributed by atoms with Crippen molar-refractivity contribution in [2.75, 3.05) is 26.0 Å². The number of carbonyl (C=O) groups is 1. The number of pyridine rings is 3. The first-order valence-corrected chi connectivity index (χ1v) is 12.6. The van der Waals surface area contributed by atoms with E-state index < -0.39 is 0 Å². The number of amides is 1. The van der Waals surface area contributed by atoms with Gasteiger partial charge in [-0.1, -0.05) is 0 Å². The number of nitrogens with zero attached hydrogens (tertiary/aromatic N) is 5. The highest BCUT2D eigenvalue weighted by molar-refractivity contribution is 7.15. The topological polar surface area (TPSA) is 115 Å². The molecule has 0 unspecified atom stereocenters. The zero-order valence-corrected chi connectivity index (χ0v) is 21.3. The van der Waals surface area contributed by atoms with Crippen LogP contribution in [0.5, 0.6) is 0 Å². The van der Waals surface area contributed by atoms with E-state index in [1.165, 1.54) is 9.75 Å². The van der Waals surface area contributed by atoms with Crippen LogP contribution in [0.4, 0.5) is 5.69 Å². The van der Waals surface area contributed by atoms with Gasteiger partial charge in [0.15, 0.2) is 0 Å². The van der Waals surface area contributed by atoms with E-state index in [9.17, 15) is 4.79 Å². The molecule has 0 radical (unpaired) electrons. The second-order valence-corrected chi connectivity index (χ2v) is 10.4. The molecule has 10 heteroatoms. The Balaban J connectivity index is 1.38. The maximum atomic E-state index is 12.2. The minimum atomic E-state index is -0.103. The molecule has 0 saturated heterocycles. The molecule has 0 atom stereocenters. The van der Waals surface area contributed by atoms with Gasteiger partial charge in [-0.3, -0.25) is 19.9 Å². The van der Waals surface area contributed by atoms with Crippen LogP contribution in [0.2, 0.25) is 0 Å². The maximum absolute atomic E-state index is 12.2. The van der Waals surface area contributed by atoms with Crippen LogP contribution in [0.15, 0.2) is 61.2 Å². The quantitative estimate of drug-likeness (QED) is 0.288. The number of fused-ring (bicyclic) bond motifs is 2. The van der Waals surface area contributed by atoms with Gasteiger partial charge in [-0.2, -0.15) is 5.10 Å². The zero-order chi connectivity index (χ0) is 25.5. The Hall–Kier alpha value is -4.41. The zero-order valence-electron chi connectivity index (χ0n) is 20.5. The van der Waals surface area contributed by atoms with Gasteiger partial charge >= 0.3 is 0 Å². The summed E-state index contributed by atoms with van der Waals surface area (Å²) in [5.41, 5.74) is 6.59. The molecule has 0 fully saturated rings. The Kier molecular flexibility index (Phi) is 5.74. The Morgan fingerprint density at radius 1 is 1.05 bits per heavy atom. The average Bonchev–Trinajstić information content (AvgIpc) is 3.60. The predicted molar refractivity (Wildman–Crippen MR) is 147 cm³/mol. The minimum Gasteiger partial charge on any atom is -0.338 e. The van der Waals surface area contributed by atoms with E-state index in [0.717, 1.165) is 50.1 Å². The van der Waals surface area contributed by atoms with Gasteiger partial charge in [-0.15, -0.1) is 11.3 Å². The first-order valence-electron chi connectivity index (χ1n) is 11.7. The number of likely N-dealkylation sites (N-methyl/N-ethyl adjacent to an activating group) is 1. The van der Waals surface area contributed by atoms with Gasteiger partial charge in [0.1, 0.15) is 11.3 Å². The number of aryl methyl sites for hydroxylation is 1. The highest BCUT2D eigenvalue weighted by atomic mass is 32.1. The van der Waals surface area contributed by atoms with E-state index in [1.54, 1.807) is 29.9 Å². The number of carbonyl (C=O) groups excluding carboxylic acids is 1. The van der Waals surface area contributed by atoms with Gasteiger partial charge < -0.3 is 15.2 Å². The molecule has 0 spiro atoms. The third-order valence-corrected chi connectivity index (χ3v) is 7.05. The van der Waals surface area contributed by atoms with Crippen molar-refractivity contribution < 1.29 is 4.79 Å². The van der Waals surface area contributed by atoms with Gasteiger partial charge in [-0.05, 0) is 57.4 Å². The lowest BCUT2D eigenvalue weighted by atomic mass is 10.1. The standard InChI is InChI=1S/C27H24N8OS/c1-15-4-5-24(37-15)18-6-7-29-27-19(18)9-22(32-27)26-20-10-21(30-13-23(20)33-34-26)16-8-17(12-28-11-16)31-25(36)14-35(2)3/h4-13H,14H2,1-3H3,(H,29,32)(H,31,36)(H,33,34). The number of aromatic amines is 2. The summed E-state index contributed by atoms with van der Waals surface area (Å²) in [6, 6.07) is 12.3. The molecule has 184 valence electrons. The summed E-state index contributed by atoms with van der Waals surface area (Å²) in [7, 11) is 3.70. The maximum Gasteiger partial charge on any atom is 0.238 e. The van der Waals surface area contributed by atoms with Crippen molar-refractivity contribution in [1.82, 2.24) is 35.0 Å². The van der Waals surface area contributed by atoms with E-state index in [2.05, 4.69) is 60.6 Å². The molecule has 6 aromatic rings. The Labute approximate surface area is 216 Å². The summed E-state index contributed by atoms with van der Waals surface area (Å²) in [6.45, 7) is 2.40. The number of H-pyrrole nitrogens is 2. The van der Waals surface area contributed by atoms with Crippen molar-refractivity contribution in [2.45, 2.75) is 6.92 Å². The van der Waals surface area contributed by atoms with Gasteiger partial charge in [0.2, 0.25) is 5.91 Å². The number of anilines is 1. The second-order valence-electron chi connectivity index (χ2n) is 9.15. The van der Waals surface area contributed by atoms with Gasteiger partial charge in [0.05, 0.1) is 41.5 Å². The lowest BCUT2D eigenvalue weighted by molar-refractivity contribution is -0.116. The monoisotopic (exact) mass is 508 g/mol. The Morgan fingerprint density at radius 3 is 2.76 bits per heavy atom. The van der Waals surface area contributed by atoms with Crippen LogP contribution in [0.3, 0.4) is 0 Å². The summed E-state index contributed by atoms with van der Waals surface area (Å²) in [5.74, 6) is -0.103. The smallest absolute Gasteiger partial charge is 0.238 e. The summed E-state index contributed by atoms with van der Waals surface area (Å²) >= 11 is 1.77. The molecule has 0 aliphatic heterocycles. The van der Waals surface area contributed by atoms with Gasteiger partial charge in [0.25, 0.3) is 0 Å². The molecule has 0 saturated carbocycles. The fourth-order valence-corrected chi connectivity index (χ4v) is 5.27.